The fourth-order valence-electron chi connectivity index (χ4n) is 9.24. The van der Waals surface area contributed by atoms with Gasteiger partial charge in [0, 0.05) is 38.0 Å². The van der Waals surface area contributed by atoms with Gasteiger partial charge in [0.2, 0.25) is 0 Å². The Bertz CT molecular complexity index is 2680. The molecule has 0 aliphatic heterocycles. The van der Waals surface area contributed by atoms with E-state index in [2.05, 4.69) is 197 Å². The maximum absolute atomic E-state index is 2.46. The highest BCUT2D eigenvalue weighted by molar-refractivity contribution is 7.17. The molecule has 10 rings (SSSR count). The third-order valence-corrected chi connectivity index (χ3v) is 13.1. The van der Waals surface area contributed by atoms with Gasteiger partial charge in [0.15, 0.2) is 0 Å². The predicted molar refractivity (Wildman–Crippen MR) is 229 cm³/mol. The number of benzene rings is 7. The molecule has 0 unspecified atom stereocenters. The Kier molecular flexibility index (Phi) is 7.03. The van der Waals surface area contributed by atoms with Gasteiger partial charge in [-0.1, -0.05) is 131 Å². The fourth-order valence-corrected chi connectivity index (χ4v) is 10.2. The van der Waals surface area contributed by atoms with E-state index >= 15 is 0 Å². The molecule has 2 heteroatoms. The molecule has 2 aliphatic rings. The van der Waals surface area contributed by atoms with Crippen molar-refractivity contribution in [1.82, 2.24) is 0 Å². The molecule has 1 heterocycles. The van der Waals surface area contributed by atoms with E-state index in [0.29, 0.717) is 0 Å². The van der Waals surface area contributed by atoms with Crippen LogP contribution >= 0.6 is 11.3 Å². The first-order chi connectivity index (χ1) is 25.7. The average molecular weight is 700 g/mol. The van der Waals surface area contributed by atoms with Gasteiger partial charge in [-0.15, -0.1) is 11.3 Å². The van der Waals surface area contributed by atoms with Crippen molar-refractivity contribution in [3.05, 3.63) is 184 Å². The second-order valence-corrected chi connectivity index (χ2v) is 16.8. The van der Waals surface area contributed by atoms with E-state index in [1.807, 2.05) is 11.3 Å². The van der Waals surface area contributed by atoms with Gasteiger partial charge < -0.3 is 4.90 Å². The highest BCUT2D eigenvalue weighted by atomic mass is 32.1. The van der Waals surface area contributed by atoms with Gasteiger partial charge in [-0.2, -0.15) is 0 Å². The number of fused-ring (bicyclic) bond motifs is 9. The van der Waals surface area contributed by atoms with Gasteiger partial charge in [0.05, 0.1) is 0 Å². The molecule has 0 radical (unpaired) electrons. The molecular weight excluding hydrogens is 659 g/mol. The first kappa shape index (κ1) is 32.0. The van der Waals surface area contributed by atoms with Crippen LogP contribution in [0.1, 0.15) is 68.0 Å². The van der Waals surface area contributed by atoms with Crippen molar-refractivity contribution in [3.8, 4) is 22.3 Å². The lowest BCUT2D eigenvalue weighted by Gasteiger charge is -2.30. The van der Waals surface area contributed by atoms with Gasteiger partial charge in [0.1, 0.15) is 0 Å². The first-order valence-corrected chi connectivity index (χ1v) is 19.5. The van der Waals surface area contributed by atoms with Crippen LogP contribution in [0.15, 0.2) is 151 Å². The van der Waals surface area contributed by atoms with Crippen LogP contribution < -0.4 is 4.90 Å². The largest absolute Gasteiger partial charge is 0.310 e. The second kappa shape index (κ2) is 11.7. The molecule has 0 atom stereocenters. The van der Waals surface area contributed by atoms with Gasteiger partial charge in [-0.25, -0.2) is 0 Å². The highest BCUT2D eigenvalue weighted by Gasteiger charge is 2.37. The average Bonchev–Trinajstić information content (AvgIpc) is 3.78. The summed E-state index contributed by atoms with van der Waals surface area (Å²) in [4.78, 5) is 2.46. The van der Waals surface area contributed by atoms with Crippen molar-refractivity contribution in [2.45, 2.75) is 45.4 Å². The van der Waals surface area contributed by atoms with Gasteiger partial charge >= 0.3 is 0 Å². The Balaban J connectivity index is 1.09. The topological polar surface area (TPSA) is 3.24 Å². The molecule has 0 spiro atoms. The molecule has 1 nitrogen and oxygen atoms in total. The Labute approximate surface area is 316 Å². The Hall–Kier alpha value is -5.70. The normalized spacial score (nSPS) is 14.9. The molecule has 0 saturated carbocycles. The van der Waals surface area contributed by atoms with Crippen LogP contribution in [-0.2, 0) is 10.8 Å². The van der Waals surface area contributed by atoms with Crippen molar-refractivity contribution in [2.75, 3.05) is 4.90 Å². The first-order valence-electron chi connectivity index (χ1n) is 18.7. The van der Waals surface area contributed by atoms with E-state index in [1.165, 1.54) is 93.4 Å². The molecule has 53 heavy (non-hydrogen) atoms. The smallest absolute Gasteiger partial charge is 0.0465 e. The lowest BCUT2D eigenvalue weighted by molar-refractivity contribution is 0.660. The van der Waals surface area contributed by atoms with Gasteiger partial charge in [-0.05, 0) is 133 Å². The number of nitrogens with zero attached hydrogens (tertiary/aromatic N) is 1. The quantitative estimate of drug-likeness (QED) is 0.173. The lowest BCUT2D eigenvalue weighted by Crippen LogP contribution is -2.18. The minimum absolute atomic E-state index is 0.0852. The maximum atomic E-state index is 2.46. The lowest BCUT2D eigenvalue weighted by atomic mass is 9.82. The van der Waals surface area contributed by atoms with E-state index < -0.39 is 0 Å². The second-order valence-electron chi connectivity index (χ2n) is 15.9. The molecule has 0 N–H and O–H groups in total. The molecule has 256 valence electrons. The van der Waals surface area contributed by atoms with Crippen LogP contribution in [0.3, 0.4) is 0 Å². The molecule has 0 saturated heterocycles. The standard InChI is InChI=1S/C51H41NS/c1-32(28-35-31-53-48-27-20-34-12-6-7-13-39(34)49(35)48)33-18-21-36(22-19-33)52(37-23-25-42-40-14-8-10-16-44(40)50(2,3)46(42)29-37)38-24-26-43-41-15-9-11-17-45(41)51(4,5)47(43)30-38/h6-31H,1-5H3/b32-28+. The monoisotopic (exact) mass is 699 g/mol. The fraction of sp³-hybridized carbons (Fsp3) is 0.137. The van der Waals surface area contributed by atoms with E-state index in [0.717, 1.165) is 5.69 Å². The summed E-state index contributed by atoms with van der Waals surface area (Å²) in [7, 11) is 0. The molecule has 0 fully saturated rings. The van der Waals surface area contributed by atoms with Crippen LogP contribution in [0.4, 0.5) is 17.1 Å². The van der Waals surface area contributed by atoms with Crippen molar-refractivity contribution in [2.24, 2.45) is 0 Å². The van der Waals surface area contributed by atoms with Crippen molar-refractivity contribution >= 4 is 60.9 Å². The molecule has 7 aromatic carbocycles. The minimum atomic E-state index is -0.0852. The van der Waals surface area contributed by atoms with E-state index in [9.17, 15) is 0 Å². The maximum Gasteiger partial charge on any atom is 0.0465 e. The summed E-state index contributed by atoms with van der Waals surface area (Å²) in [6, 6.07) is 54.4. The number of rotatable bonds is 5. The summed E-state index contributed by atoms with van der Waals surface area (Å²) in [5.74, 6) is 0. The molecular formula is C51H41NS. The summed E-state index contributed by atoms with van der Waals surface area (Å²) in [5.41, 5.74) is 18.0. The molecule has 2 aliphatic carbocycles. The van der Waals surface area contributed by atoms with Crippen molar-refractivity contribution < 1.29 is 0 Å². The number of thiophene rings is 1. The summed E-state index contributed by atoms with van der Waals surface area (Å²) in [6.45, 7) is 11.7. The summed E-state index contributed by atoms with van der Waals surface area (Å²) in [6.07, 6.45) is 2.36. The van der Waals surface area contributed by atoms with Crippen LogP contribution in [0, 0.1) is 0 Å². The summed E-state index contributed by atoms with van der Waals surface area (Å²) < 4.78 is 1.33. The number of anilines is 3. The third kappa shape index (κ3) is 4.82. The zero-order valence-corrected chi connectivity index (χ0v) is 31.7. The Morgan fingerprint density at radius 1 is 0.528 bits per heavy atom. The summed E-state index contributed by atoms with van der Waals surface area (Å²) >= 11 is 1.82. The predicted octanol–water partition coefficient (Wildman–Crippen LogP) is 14.7. The third-order valence-electron chi connectivity index (χ3n) is 12.1. The zero-order valence-electron chi connectivity index (χ0n) is 30.9. The molecule has 1 aromatic heterocycles. The molecule has 0 amide bonds. The van der Waals surface area contributed by atoms with Crippen LogP contribution in [0.2, 0.25) is 0 Å². The minimum Gasteiger partial charge on any atom is -0.310 e. The summed E-state index contributed by atoms with van der Waals surface area (Å²) in [5, 5.41) is 6.25. The van der Waals surface area contributed by atoms with Crippen molar-refractivity contribution in [3.63, 3.8) is 0 Å². The van der Waals surface area contributed by atoms with Crippen LogP contribution in [-0.4, -0.2) is 0 Å². The molecule has 0 bridgehead atoms. The van der Waals surface area contributed by atoms with Gasteiger partial charge in [0.25, 0.3) is 0 Å². The van der Waals surface area contributed by atoms with E-state index in [1.54, 1.807) is 0 Å². The highest BCUT2D eigenvalue weighted by Crippen LogP contribution is 2.53. The van der Waals surface area contributed by atoms with Gasteiger partial charge in [-0.3, -0.25) is 0 Å². The van der Waals surface area contributed by atoms with Crippen LogP contribution in [0.25, 0.3) is 54.8 Å². The zero-order chi connectivity index (χ0) is 36.1. The molecule has 8 aromatic rings. The number of hydrogen-bond acceptors (Lipinski definition) is 2. The van der Waals surface area contributed by atoms with E-state index in [4.69, 9.17) is 0 Å². The Morgan fingerprint density at radius 3 is 1.68 bits per heavy atom. The Morgan fingerprint density at radius 2 is 1.06 bits per heavy atom. The number of hydrogen-bond donors (Lipinski definition) is 0. The SMILES string of the molecule is C/C(=C\c1csc2ccc3ccccc3c12)c1ccc(N(c2ccc3c(c2)C(C)(C)c2ccccc2-3)c2ccc3c(c2)C(C)(C)c2ccccc2-3)cc1. The van der Waals surface area contributed by atoms with Crippen LogP contribution in [0.5, 0.6) is 0 Å². The number of allylic oxidation sites excluding steroid dienone is 1. The van der Waals surface area contributed by atoms with E-state index in [-0.39, 0.29) is 10.8 Å². The van der Waals surface area contributed by atoms with Crippen molar-refractivity contribution in [1.29, 1.82) is 0 Å².